The molecule has 3 heterocycles. The van der Waals surface area contributed by atoms with Gasteiger partial charge >= 0.3 is 6.18 Å². The Morgan fingerprint density at radius 1 is 1.00 bits per heavy atom. The number of pyridine rings is 2. The van der Waals surface area contributed by atoms with Crippen molar-refractivity contribution in [2.24, 2.45) is 0 Å². The number of anilines is 1. The van der Waals surface area contributed by atoms with E-state index in [4.69, 9.17) is 23.2 Å². The maximum Gasteiger partial charge on any atom is 0.435 e. The third-order valence-corrected chi connectivity index (χ3v) is 5.50. The summed E-state index contributed by atoms with van der Waals surface area (Å²) in [5, 5.41) is 9.16. The molecule has 2 amide bonds. The van der Waals surface area contributed by atoms with E-state index < -0.39 is 29.4 Å². The smallest absolute Gasteiger partial charge is 0.350 e. The van der Waals surface area contributed by atoms with Crippen LogP contribution in [0.5, 0.6) is 0 Å². The van der Waals surface area contributed by atoms with E-state index in [0.717, 1.165) is 0 Å². The van der Waals surface area contributed by atoms with Crippen molar-refractivity contribution < 1.29 is 22.8 Å². The Kier molecular flexibility index (Phi) is 6.87. The SMILES string of the molecule is CC(C)NC(=O)c1c(NC(=O)c2cc(C(F)(F)F)nn2-c2ncccc2Cl)c(Cl)cc2cccnc12. The number of rotatable bonds is 5. The number of nitrogens with zero attached hydrogens (tertiary/aromatic N) is 4. The lowest BCUT2D eigenvalue weighted by molar-refractivity contribution is -0.141. The van der Waals surface area contributed by atoms with E-state index in [1.165, 1.54) is 30.6 Å². The van der Waals surface area contributed by atoms with Gasteiger partial charge in [0.2, 0.25) is 0 Å². The number of hydrogen-bond donors (Lipinski definition) is 2. The first-order chi connectivity index (χ1) is 17.0. The number of carbonyl (C=O) groups excluding carboxylic acids is 2. The van der Waals surface area contributed by atoms with Gasteiger partial charge in [-0.2, -0.15) is 18.3 Å². The van der Waals surface area contributed by atoms with E-state index in [0.29, 0.717) is 16.1 Å². The normalized spacial score (nSPS) is 11.7. The predicted molar refractivity (Wildman–Crippen MR) is 129 cm³/mol. The quantitative estimate of drug-likeness (QED) is 0.349. The number of benzene rings is 1. The highest BCUT2D eigenvalue weighted by Gasteiger charge is 2.37. The predicted octanol–water partition coefficient (Wildman–Crippen LogP) is 5.53. The summed E-state index contributed by atoms with van der Waals surface area (Å²) in [6.07, 6.45) is -2.10. The first kappa shape index (κ1) is 25.4. The molecular formula is C23H17Cl2F3N6O2. The summed E-state index contributed by atoms with van der Waals surface area (Å²) in [5.74, 6) is -1.80. The second-order valence-corrected chi connectivity index (χ2v) is 8.71. The number of alkyl halides is 3. The van der Waals surface area contributed by atoms with Crippen molar-refractivity contribution in [2.75, 3.05) is 5.32 Å². The first-order valence-electron chi connectivity index (χ1n) is 10.4. The summed E-state index contributed by atoms with van der Waals surface area (Å²) in [7, 11) is 0. The van der Waals surface area contributed by atoms with Crippen LogP contribution < -0.4 is 10.6 Å². The summed E-state index contributed by atoms with van der Waals surface area (Å²) in [6.45, 7) is 3.48. The molecule has 0 fully saturated rings. The largest absolute Gasteiger partial charge is 0.435 e. The van der Waals surface area contributed by atoms with Gasteiger partial charge in [-0.3, -0.25) is 14.6 Å². The van der Waals surface area contributed by atoms with Crippen molar-refractivity contribution in [3.63, 3.8) is 0 Å². The highest BCUT2D eigenvalue weighted by Crippen LogP contribution is 2.34. The minimum Gasteiger partial charge on any atom is -0.350 e. The van der Waals surface area contributed by atoms with E-state index >= 15 is 0 Å². The lowest BCUT2D eigenvalue weighted by atomic mass is 10.1. The highest BCUT2D eigenvalue weighted by atomic mass is 35.5. The van der Waals surface area contributed by atoms with E-state index in [1.54, 1.807) is 26.0 Å². The Hall–Kier alpha value is -3.70. The molecule has 3 aromatic heterocycles. The van der Waals surface area contributed by atoms with Crippen LogP contribution in [0.1, 0.15) is 40.4 Å². The Bertz CT molecular complexity index is 1490. The molecule has 0 aliphatic rings. The van der Waals surface area contributed by atoms with Crippen LogP contribution in [0, 0.1) is 0 Å². The lowest BCUT2D eigenvalue weighted by Crippen LogP contribution is -2.31. The number of halogens is 5. The standard InChI is InChI=1S/C23H17Cl2F3N6O2/c1-11(2)31-22(36)17-18-12(5-3-7-29-18)9-14(25)19(17)32-21(35)15-10-16(23(26,27)28)33-34(15)20-13(24)6-4-8-30-20/h3-11H,1-2H3,(H,31,36)(H,32,35). The van der Waals surface area contributed by atoms with Crippen molar-refractivity contribution in [1.82, 2.24) is 25.1 Å². The molecule has 1 aromatic carbocycles. The summed E-state index contributed by atoms with van der Waals surface area (Å²) in [4.78, 5) is 34.6. The lowest BCUT2D eigenvalue weighted by Gasteiger charge is -2.17. The molecule has 2 N–H and O–H groups in total. The van der Waals surface area contributed by atoms with Gasteiger partial charge < -0.3 is 10.6 Å². The second kappa shape index (κ2) is 9.75. The van der Waals surface area contributed by atoms with Gasteiger partial charge in [0.25, 0.3) is 11.8 Å². The third-order valence-electron chi connectivity index (χ3n) is 4.90. The number of hydrogen-bond acceptors (Lipinski definition) is 5. The zero-order valence-electron chi connectivity index (χ0n) is 18.7. The van der Waals surface area contributed by atoms with Crippen LogP contribution in [0.4, 0.5) is 18.9 Å². The molecule has 0 saturated carbocycles. The molecule has 0 spiro atoms. The number of carbonyl (C=O) groups is 2. The average molecular weight is 537 g/mol. The molecule has 36 heavy (non-hydrogen) atoms. The fourth-order valence-electron chi connectivity index (χ4n) is 3.42. The molecule has 0 atom stereocenters. The van der Waals surface area contributed by atoms with Gasteiger partial charge in [0.05, 0.1) is 26.8 Å². The van der Waals surface area contributed by atoms with Gasteiger partial charge in [0.15, 0.2) is 11.5 Å². The van der Waals surface area contributed by atoms with E-state index in [-0.39, 0.29) is 38.7 Å². The van der Waals surface area contributed by atoms with Crippen LogP contribution in [0.25, 0.3) is 16.7 Å². The van der Waals surface area contributed by atoms with Gasteiger partial charge in [-0.1, -0.05) is 29.3 Å². The molecule has 4 aromatic rings. The minimum absolute atomic E-state index is 0.0178. The van der Waals surface area contributed by atoms with Gasteiger partial charge in [-0.15, -0.1) is 0 Å². The fourth-order valence-corrected chi connectivity index (χ4v) is 3.88. The maximum atomic E-state index is 13.5. The van der Waals surface area contributed by atoms with E-state index in [1.807, 2.05) is 0 Å². The monoisotopic (exact) mass is 536 g/mol. The zero-order chi connectivity index (χ0) is 26.2. The van der Waals surface area contributed by atoms with Crippen LogP contribution in [-0.2, 0) is 6.18 Å². The molecule has 186 valence electrons. The topological polar surface area (TPSA) is 102 Å². The number of aromatic nitrogens is 4. The zero-order valence-corrected chi connectivity index (χ0v) is 20.2. The molecular weight excluding hydrogens is 520 g/mol. The van der Waals surface area contributed by atoms with Gasteiger partial charge in [-0.05, 0) is 38.1 Å². The molecule has 0 radical (unpaired) electrons. The molecule has 0 aliphatic heterocycles. The molecule has 0 bridgehead atoms. The van der Waals surface area contributed by atoms with Crippen LogP contribution in [-0.4, -0.2) is 37.6 Å². The molecule has 8 nitrogen and oxygen atoms in total. The van der Waals surface area contributed by atoms with Gasteiger partial charge in [-0.25, -0.2) is 9.67 Å². The summed E-state index contributed by atoms with van der Waals surface area (Å²) in [6, 6.07) is 7.97. The Balaban J connectivity index is 1.87. The van der Waals surface area contributed by atoms with Gasteiger partial charge in [0.1, 0.15) is 5.69 Å². The van der Waals surface area contributed by atoms with Crippen molar-refractivity contribution in [3.05, 3.63) is 75.8 Å². The van der Waals surface area contributed by atoms with Crippen molar-refractivity contribution in [1.29, 1.82) is 0 Å². The van der Waals surface area contributed by atoms with Gasteiger partial charge in [0, 0.05) is 29.9 Å². The Morgan fingerprint density at radius 3 is 2.36 bits per heavy atom. The first-order valence-corrected chi connectivity index (χ1v) is 11.2. The maximum absolute atomic E-state index is 13.5. The third kappa shape index (κ3) is 4.98. The molecule has 0 saturated heterocycles. The van der Waals surface area contributed by atoms with Crippen molar-refractivity contribution >= 4 is 51.6 Å². The second-order valence-electron chi connectivity index (χ2n) is 7.90. The Labute approximate surface area is 212 Å². The highest BCUT2D eigenvalue weighted by molar-refractivity contribution is 6.36. The number of amides is 2. The Morgan fingerprint density at radius 2 is 1.69 bits per heavy atom. The molecule has 13 heteroatoms. The van der Waals surface area contributed by atoms with E-state index in [2.05, 4.69) is 25.7 Å². The van der Waals surface area contributed by atoms with Crippen LogP contribution >= 0.6 is 23.2 Å². The fraction of sp³-hybridized carbons (Fsp3) is 0.174. The van der Waals surface area contributed by atoms with E-state index in [9.17, 15) is 22.8 Å². The van der Waals surface area contributed by atoms with Crippen LogP contribution in [0.15, 0.2) is 48.8 Å². The van der Waals surface area contributed by atoms with Crippen molar-refractivity contribution in [2.45, 2.75) is 26.1 Å². The number of nitrogens with one attached hydrogen (secondary N) is 2. The summed E-state index contributed by atoms with van der Waals surface area (Å²) < 4.78 is 41.1. The molecule has 0 aliphatic carbocycles. The average Bonchev–Trinajstić information content (AvgIpc) is 3.25. The van der Waals surface area contributed by atoms with Crippen molar-refractivity contribution in [3.8, 4) is 5.82 Å². The number of fused-ring (bicyclic) bond motifs is 1. The molecule has 0 unspecified atom stereocenters. The summed E-state index contributed by atoms with van der Waals surface area (Å²) >= 11 is 12.5. The van der Waals surface area contributed by atoms with Crippen LogP contribution in [0.2, 0.25) is 10.0 Å². The summed E-state index contributed by atoms with van der Waals surface area (Å²) in [5.41, 5.74) is -1.79. The minimum atomic E-state index is -4.85. The molecule has 4 rings (SSSR count). The van der Waals surface area contributed by atoms with Crippen LogP contribution in [0.3, 0.4) is 0 Å².